The molecule has 2 aromatic rings. The SMILES string of the molecule is CCCOc1cccc2c1Nc1nc(=O)n(C3OC(COC)C(O)C3F)cc1O2. The minimum Gasteiger partial charge on any atom is -0.491 e. The molecule has 156 valence electrons. The first-order chi connectivity index (χ1) is 14.0. The molecule has 2 aliphatic rings. The van der Waals surface area contributed by atoms with Crippen molar-refractivity contribution in [1.29, 1.82) is 0 Å². The predicted octanol–water partition coefficient (Wildman–Crippen LogP) is 2.12. The van der Waals surface area contributed by atoms with E-state index in [9.17, 15) is 14.3 Å². The van der Waals surface area contributed by atoms with Crippen molar-refractivity contribution in [3.05, 3.63) is 34.9 Å². The zero-order valence-corrected chi connectivity index (χ0v) is 16.0. The molecule has 0 radical (unpaired) electrons. The highest BCUT2D eigenvalue weighted by atomic mass is 19.1. The summed E-state index contributed by atoms with van der Waals surface area (Å²) in [5, 5.41) is 13.1. The quantitative estimate of drug-likeness (QED) is 0.641. The van der Waals surface area contributed by atoms with Gasteiger partial charge >= 0.3 is 5.69 Å². The Hall–Kier alpha value is -2.69. The van der Waals surface area contributed by atoms with Crippen LogP contribution in [0.2, 0.25) is 0 Å². The van der Waals surface area contributed by atoms with Crippen LogP contribution >= 0.6 is 0 Å². The number of aliphatic hydroxyl groups is 1. The molecule has 0 amide bonds. The first-order valence-corrected chi connectivity index (χ1v) is 9.34. The van der Waals surface area contributed by atoms with Crippen molar-refractivity contribution < 1.29 is 28.4 Å². The van der Waals surface area contributed by atoms with Crippen LogP contribution in [0.15, 0.2) is 29.2 Å². The summed E-state index contributed by atoms with van der Waals surface area (Å²) in [5.41, 5.74) is -0.178. The second-order valence-electron chi connectivity index (χ2n) is 6.80. The number of nitrogens with zero attached hydrogens (tertiary/aromatic N) is 2. The van der Waals surface area contributed by atoms with Crippen LogP contribution in [0.25, 0.3) is 0 Å². The van der Waals surface area contributed by atoms with Gasteiger partial charge in [-0.1, -0.05) is 13.0 Å². The minimum absolute atomic E-state index is 0.00280. The normalized spacial score (nSPS) is 25.0. The van der Waals surface area contributed by atoms with E-state index in [1.165, 1.54) is 13.3 Å². The van der Waals surface area contributed by atoms with Gasteiger partial charge in [0.2, 0.25) is 0 Å². The maximum Gasteiger partial charge on any atom is 0.352 e. The van der Waals surface area contributed by atoms with E-state index >= 15 is 0 Å². The molecule has 4 atom stereocenters. The third-order valence-corrected chi connectivity index (χ3v) is 4.73. The number of methoxy groups -OCH3 is 1. The zero-order chi connectivity index (χ0) is 20.5. The number of aliphatic hydroxyl groups excluding tert-OH is 1. The fourth-order valence-corrected chi connectivity index (χ4v) is 3.32. The molecule has 0 spiro atoms. The lowest BCUT2D eigenvalue weighted by molar-refractivity contribution is -0.0572. The number of fused-ring (bicyclic) bond motifs is 2. The zero-order valence-electron chi connectivity index (χ0n) is 16.0. The van der Waals surface area contributed by atoms with Gasteiger partial charge in [-0.15, -0.1) is 0 Å². The molecule has 1 aromatic carbocycles. The average molecular weight is 407 g/mol. The highest BCUT2D eigenvalue weighted by Gasteiger charge is 2.46. The van der Waals surface area contributed by atoms with E-state index < -0.39 is 30.3 Å². The van der Waals surface area contributed by atoms with Crippen molar-refractivity contribution in [3.8, 4) is 17.2 Å². The van der Waals surface area contributed by atoms with Gasteiger partial charge in [-0.2, -0.15) is 4.98 Å². The van der Waals surface area contributed by atoms with Crippen LogP contribution in [-0.2, 0) is 9.47 Å². The summed E-state index contributed by atoms with van der Waals surface area (Å²) < 4.78 is 37.5. The van der Waals surface area contributed by atoms with E-state index in [0.29, 0.717) is 23.8 Å². The molecule has 9 nitrogen and oxygen atoms in total. The topological polar surface area (TPSA) is 104 Å². The Morgan fingerprint density at radius 3 is 2.97 bits per heavy atom. The molecule has 4 unspecified atom stereocenters. The van der Waals surface area contributed by atoms with Crippen LogP contribution in [0.3, 0.4) is 0 Å². The molecule has 0 bridgehead atoms. The van der Waals surface area contributed by atoms with Gasteiger partial charge in [0.25, 0.3) is 0 Å². The van der Waals surface area contributed by atoms with Gasteiger partial charge in [0.05, 0.1) is 19.4 Å². The first-order valence-electron chi connectivity index (χ1n) is 9.34. The second-order valence-corrected chi connectivity index (χ2v) is 6.80. The van der Waals surface area contributed by atoms with Gasteiger partial charge in [0.1, 0.15) is 23.6 Å². The highest BCUT2D eigenvalue weighted by molar-refractivity contribution is 5.77. The van der Waals surface area contributed by atoms with Crippen LogP contribution in [0.1, 0.15) is 19.6 Å². The molecular weight excluding hydrogens is 385 g/mol. The number of para-hydroxylation sites is 1. The summed E-state index contributed by atoms with van der Waals surface area (Å²) in [6, 6.07) is 5.31. The Morgan fingerprint density at radius 1 is 1.38 bits per heavy atom. The monoisotopic (exact) mass is 407 g/mol. The summed E-state index contributed by atoms with van der Waals surface area (Å²) in [6.45, 7) is 2.52. The van der Waals surface area contributed by atoms with Crippen molar-refractivity contribution in [3.63, 3.8) is 0 Å². The molecule has 10 heteroatoms. The summed E-state index contributed by atoms with van der Waals surface area (Å²) in [7, 11) is 1.42. The third kappa shape index (κ3) is 3.54. The van der Waals surface area contributed by atoms with Gasteiger partial charge in [-0.3, -0.25) is 4.57 Å². The summed E-state index contributed by atoms with van der Waals surface area (Å²) >= 11 is 0. The lowest BCUT2D eigenvalue weighted by Crippen LogP contribution is -2.34. The molecule has 1 aromatic heterocycles. The summed E-state index contributed by atoms with van der Waals surface area (Å²) in [5.74, 6) is 1.48. The Morgan fingerprint density at radius 2 is 2.21 bits per heavy atom. The summed E-state index contributed by atoms with van der Waals surface area (Å²) in [6.07, 6.45) is -3.29. The lowest BCUT2D eigenvalue weighted by Gasteiger charge is -2.24. The van der Waals surface area contributed by atoms with Gasteiger partial charge < -0.3 is 29.4 Å². The smallest absolute Gasteiger partial charge is 0.352 e. The molecule has 0 saturated carbocycles. The Labute approximate surface area is 166 Å². The van der Waals surface area contributed by atoms with Crippen molar-refractivity contribution >= 4 is 11.5 Å². The van der Waals surface area contributed by atoms with E-state index in [2.05, 4.69) is 10.3 Å². The fraction of sp³-hybridized carbons (Fsp3) is 0.474. The van der Waals surface area contributed by atoms with Gasteiger partial charge in [0, 0.05) is 7.11 Å². The number of benzene rings is 1. The van der Waals surface area contributed by atoms with Gasteiger partial charge in [-0.25, -0.2) is 9.18 Å². The number of alkyl halides is 1. The minimum atomic E-state index is -1.81. The number of ether oxygens (including phenoxy) is 4. The molecule has 0 aliphatic carbocycles. The molecule has 1 fully saturated rings. The van der Waals surface area contributed by atoms with Crippen molar-refractivity contribution in [2.24, 2.45) is 0 Å². The molecule has 4 rings (SSSR count). The van der Waals surface area contributed by atoms with Crippen LogP contribution < -0.4 is 20.5 Å². The number of halogens is 1. The van der Waals surface area contributed by atoms with E-state index in [0.717, 1.165) is 11.0 Å². The fourth-order valence-electron chi connectivity index (χ4n) is 3.32. The Bertz CT molecular complexity index is 952. The number of anilines is 2. The maximum absolute atomic E-state index is 14.6. The standard InChI is InChI=1S/C19H22FN3O6/c1-3-7-27-10-5-4-6-11-15(10)21-17-12(28-11)8-23(19(25)22-17)18-14(20)16(24)13(29-18)9-26-2/h4-6,8,13-14,16,18,24H,3,7,9H2,1-2H3,(H,21,22,25). The average Bonchev–Trinajstić information content (AvgIpc) is 2.99. The number of hydrogen-bond acceptors (Lipinski definition) is 8. The predicted molar refractivity (Wildman–Crippen MR) is 101 cm³/mol. The van der Waals surface area contributed by atoms with E-state index in [1.54, 1.807) is 18.2 Å². The maximum atomic E-state index is 14.6. The first kappa shape index (κ1) is 19.6. The van der Waals surface area contributed by atoms with Gasteiger partial charge in [0.15, 0.2) is 29.7 Å². The number of hydrogen-bond donors (Lipinski definition) is 2. The number of nitrogens with one attached hydrogen (secondary N) is 1. The molecule has 29 heavy (non-hydrogen) atoms. The highest BCUT2D eigenvalue weighted by Crippen LogP contribution is 2.45. The number of aromatic nitrogens is 2. The van der Waals surface area contributed by atoms with Crippen molar-refractivity contribution in [2.45, 2.75) is 38.0 Å². The molecule has 2 aliphatic heterocycles. The lowest BCUT2D eigenvalue weighted by atomic mass is 10.1. The Kier molecular flexibility index (Phi) is 5.39. The number of rotatable bonds is 6. The van der Waals surface area contributed by atoms with Crippen molar-refractivity contribution in [2.75, 3.05) is 25.6 Å². The molecule has 2 N–H and O–H groups in total. The van der Waals surface area contributed by atoms with E-state index in [-0.39, 0.29) is 18.2 Å². The Balaban J connectivity index is 1.64. The van der Waals surface area contributed by atoms with Crippen LogP contribution in [0.5, 0.6) is 17.2 Å². The van der Waals surface area contributed by atoms with Crippen molar-refractivity contribution in [1.82, 2.24) is 9.55 Å². The second kappa shape index (κ2) is 7.97. The van der Waals surface area contributed by atoms with Crippen LogP contribution in [-0.4, -0.2) is 53.4 Å². The van der Waals surface area contributed by atoms with Crippen LogP contribution in [0, 0.1) is 0 Å². The van der Waals surface area contributed by atoms with Gasteiger partial charge in [-0.05, 0) is 18.6 Å². The van der Waals surface area contributed by atoms with Crippen LogP contribution in [0.4, 0.5) is 15.9 Å². The van der Waals surface area contributed by atoms with E-state index in [1.807, 2.05) is 6.92 Å². The third-order valence-electron chi connectivity index (χ3n) is 4.73. The summed E-state index contributed by atoms with van der Waals surface area (Å²) in [4.78, 5) is 16.5. The molecule has 1 saturated heterocycles. The largest absolute Gasteiger partial charge is 0.491 e. The molecule has 3 heterocycles. The molecular formula is C19H22FN3O6. The van der Waals surface area contributed by atoms with E-state index in [4.69, 9.17) is 18.9 Å².